The third kappa shape index (κ3) is 2.96. The van der Waals surface area contributed by atoms with Gasteiger partial charge in [-0.1, -0.05) is 26.0 Å². The van der Waals surface area contributed by atoms with E-state index in [-0.39, 0.29) is 18.3 Å². The number of carbonyl (C=O) groups excluding carboxylic acids is 1. The number of halogens is 1. The van der Waals surface area contributed by atoms with Gasteiger partial charge in [0.05, 0.1) is 5.56 Å². The summed E-state index contributed by atoms with van der Waals surface area (Å²) in [7, 11) is 0. The molecule has 0 radical (unpaired) electrons. The van der Waals surface area contributed by atoms with Gasteiger partial charge in [0.25, 0.3) is 5.91 Å². The van der Waals surface area contributed by atoms with E-state index in [9.17, 15) is 4.79 Å². The van der Waals surface area contributed by atoms with Gasteiger partial charge in [-0.25, -0.2) is 0 Å². The molecule has 0 heterocycles. The average Bonchev–Trinajstić information content (AvgIpc) is 3.07. The minimum Gasteiger partial charge on any atom is -0.398 e. The summed E-state index contributed by atoms with van der Waals surface area (Å²) in [5, 5.41) is 3.00. The van der Waals surface area contributed by atoms with Crippen molar-refractivity contribution in [3.8, 4) is 0 Å². The number of nitrogens with two attached hydrogens (primary N) is 1. The first-order valence-corrected chi connectivity index (χ1v) is 6.18. The molecule has 2 rings (SSSR count). The van der Waals surface area contributed by atoms with Crippen LogP contribution in [0.3, 0.4) is 0 Å². The van der Waals surface area contributed by atoms with Gasteiger partial charge in [0.1, 0.15) is 0 Å². The lowest BCUT2D eigenvalue weighted by Gasteiger charge is -2.20. The predicted molar refractivity (Wildman–Crippen MR) is 76.9 cm³/mol. The van der Waals surface area contributed by atoms with Crippen LogP contribution in [0.5, 0.6) is 0 Å². The quantitative estimate of drug-likeness (QED) is 0.825. The first-order valence-electron chi connectivity index (χ1n) is 6.18. The van der Waals surface area contributed by atoms with Crippen LogP contribution < -0.4 is 11.1 Å². The topological polar surface area (TPSA) is 55.1 Å². The number of hydrogen-bond acceptors (Lipinski definition) is 2. The fraction of sp³-hybridized carbons (Fsp3) is 0.500. The summed E-state index contributed by atoms with van der Waals surface area (Å²) >= 11 is 0. The maximum Gasteiger partial charge on any atom is 0.253 e. The molecule has 4 heteroatoms. The molecule has 0 aromatic heterocycles. The zero-order chi connectivity index (χ0) is 12.5. The molecule has 1 aromatic rings. The monoisotopic (exact) mass is 268 g/mol. The van der Waals surface area contributed by atoms with Gasteiger partial charge in [-0.2, -0.15) is 0 Å². The third-order valence-corrected chi connectivity index (χ3v) is 3.92. The fourth-order valence-corrected chi connectivity index (χ4v) is 2.17. The maximum atomic E-state index is 12.0. The lowest BCUT2D eigenvalue weighted by atomic mass is 9.92. The Labute approximate surface area is 115 Å². The Balaban J connectivity index is 0.00000162. The molecule has 100 valence electrons. The predicted octanol–water partition coefficient (Wildman–Crippen LogP) is 2.86. The van der Waals surface area contributed by atoms with Crippen LogP contribution in [0.25, 0.3) is 0 Å². The van der Waals surface area contributed by atoms with E-state index >= 15 is 0 Å². The van der Waals surface area contributed by atoms with Gasteiger partial charge in [0.2, 0.25) is 0 Å². The molecule has 0 aliphatic heterocycles. The minimum atomic E-state index is -0.0602. The number of hydrogen-bond donors (Lipinski definition) is 2. The van der Waals surface area contributed by atoms with Crippen molar-refractivity contribution in [1.82, 2.24) is 5.32 Å². The molecule has 0 spiro atoms. The largest absolute Gasteiger partial charge is 0.398 e. The van der Waals surface area contributed by atoms with Crippen LogP contribution in [0.4, 0.5) is 5.69 Å². The van der Waals surface area contributed by atoms with Crippen molar-refractivity contribution >= 4 is 24.0 Å². The van der Waals surface area contributed by atoms with Gasteiger partial charge < -0.3 is 11.1 Å². The van der Waals surface area contributed by atoms with Crippen molar-refractivity contribution in [3.05, 3.63) is 29.8 Å². The Morgan fingerprint density at radius 1 is 1.39 bits per heavy atom. The molecular formula is C14H21ClN2O. The molecule has 0 saturated heterocycles. The van der Waals surface area contributed by atoms with E-state index in [1.54, 1.807) is 12.1 Å². The lowest BCUT2D eigenvalue weighted by Crippen LogP contribution is -2.32. The number of rotatable bonds is 4. The van der Waals surface area contributed by atoms with Crippen molar-refractivity contribution in [3.63, 3.8) is 0 Å². The molecular weight excluding hydrogens is 248 g/mol. The molecule has 0 unspecified atom stereocenters. The van der Waals surface area contributed by atoms with Crippen LogP contribution in [0, 0.1) is 11.3 Å². The normalized spacial score (nSPS) is 15.9. The Hall–Kier alpha value is -1.22. The molecule has 1 fully saturated rings. The molecule has 1 saturated carbocycles. The summed E-state index contributed by atoms with van der Waals surface area (Å²) in [5.74, 6) is 0.561. The van der Waals surface area contributed by atoms with Crippen LogP contribution in [0.1, 0.15) is 37.0 Å². The number of para-hydroxylation sites is 1. The number of benzene rings is 1. The van der Waals surface area contributed by atoms with Crippen molar-refractivity contribution in [2.24, 2.45) is 11.3 Å². The molecule has 0 bridgehead atoms. The summed E-state index contributed by atoms with van der Waals surface area (Å²) in [5.41, 5.74) is 7.23. The average molecular weight is 269 g/mol. The van der Waals surface area contributed by atoms with E-state index in [1.807, 2.05) is 12.1 Å². The molecule has 0 atom stereocenters. The number of nitrogens with one attached hydrogen (secondary N) is 1. The molecule has 18 heavy (non-hydrogen) atoms. The first kappa shape index (κ1) is 14.8. The van der Waals surface area contributed by atoms with E-state index in [0.29, 0.717) is 22.6 Å². The van der Waals surface area contributed by atoms with Crippen LogP contribution in [-0.4, -0.2) is 12.5 Å². The van der Waals surface area contributed by atoms with Crippen LogP contribution >= 0.6 is 12.4 Å². The summed E-state index contributed by atoms with van der Waals surface area (Å²) in [6.45, 7) is 5.20. The van der Waals surface area contributed by atoms with Crippen LogP contribution in [-0.2, 0) is 0 Å². The molecule has 1 aliphatic rings. The highest BCUT2D eigenvalue weighted by atomic mass is 35.5. The Bertz CT molecular complexity index is 428. The highest BCUT2D eigenvalue weighted by molar-refractivity contribution is 5.99. The van der Waals surface area contributed by atoms with E-state index in [4.69, 9.17) is 5.73 Å². The fourth-order valence-electron chi connectivity index (χ4n) is 2.17. The smallest absolute Gasteiger partial charge is 0.253 e. The van der Waals surface area contributed by atoms with Crippen LogP contribution in [0.2, 0.25) is 0 Å². The Kier molecular flexibility index (Phi) is 4.63. The van der Waals surface area contributed by atoms with Crippen LogP contribution in [0.15, 0.2) is 24.3 Å². The molecule has 1 aromatic carbocycles. The molecule has 1 amide bonds. The SMILES string of the molecule is CC(C)C1(CNC(=O)c2ccccc2N)CC1.Cl. The zero-order valence-corrected chi connectivity index (χ0v) is 11.7. The second kappa shape index (κ2) is 5.61. The maximum absolute atomic E-state index is 12.0. The Morgan fingerprint density at radius 2 is 2.00 bits per heavy atom. The molecule has 3 N–H and O–H groups in total. The van der Waals surface area contributed by atoms with Gasteiger partial charge in [-0.15, -0.1) is 12.4 Å². The summed E-state index contributed by atoms with van der Waals surface area (Å²) in [6, 6.07) is 7.19. The van der Waals surface area contributed by atoms with E-state index in [2.05, 4.69) is 19.2 Å². The van der Waals surface area contributed by atoms with Crippen molar-refractivity contribution < 1.29 is 4.79 Å². The zero-order valence-electron chi connectivity index (χ0n) is 10.9. The summed E-state index contributed by atoms with van der Waals surface area (Å²) < 4.78 is 0. The van der Waals surface area contributed by atoms with Gasteiger partial charge in [-0.05, 0) is 36.3 Å². The van der Waals surface area contributed by atoms with E-state index in [0.717, 1.165) is 6.54 Å². The first-order chi connectivity index (χ1) is 8.05. The number of amides is 1. The number of anilines is 1. The van der Waals surface area contributed by atoms with E-state index < -0.39 is 0 Å². The van der Waals surface area contributed by atoms with Gasteiger partial charge in [-0.3, -0.25) is 4.79 Å². The standard InChI is InChI=1S/C14H20N2O.ClH/c1-10(2)14(7-8-14)9-16-13(17)11-5-3-4-6-12(11)15;/h3-6,10H,7-9,15H2,1-2H3,(H,16,17);1H. The summed E-state index contributed by atoms with van der Waals surface area (Å²) in [4.78, 5) is 12.0. The van der Waals surface area contributed by atoms with E-state index in [1.165, 1.54) is 12.8 Å². The second-order valence-electron chi connectivity index (χ2n) is 5.29. The van der Waals surface area contributed by atoms with Gasteiger partial charge >= 0.3 is 0 Å². The lowest BCUT2D eigenvalue weighted by molar-refractivity contribution is 0.0940. The van der Waals surface area contributed by atoms with Crippen molar-refractivity contribution in [1.29, 1.82) is 0 Å². The number of carbonyl (C=O) groups is 1. The highest BCUT2D eigenvalue weighted by Gasteiger charge is 2.45. The van der Waals surface area contributed by atoms with Crippen molar-refractivity contribution in [2.45, 2.75) is 26.7 Å². The van der Waals surface area contributed by atoms with Gasteiger partial charge in [0.15, 0.2) is 0 Å². The Morgan fingerprint density at radius 3 is 2.50 bits per heavy atom. The number of nitrogen functional groups attached to an aromatic ring is 1. The highest BCUT2D eigenvalue weighted by Crippen LogP contribution is 2.51. The molecule has 3 nitrogen and oxygen atoms in total. The summed E-state index contributed by atoms with van der Waals surface area (Å²) in [6.07, 6.45) is 2.43. The molecule has 1 aliphatic carbocycles. The second-order valence-corrected chi connectivity index (χ2v) is 5.29. The van der Waals surface area contributed by atoms with Gasteiger partial charge in [0, 0.05) is 12.2 Å². The third-order valence-electron chi connectivity index (χ3n) is 3.92. The minimum absolute atomic E-state index is 0. The van der Waals surface area contributed by atoms with Crippen molar-refractivity contribution in [2.75, 3.05) is 12.3 Å².